The first-order valence-corrected chi connectivity index (χ1v) is 8.89. The molecule has 2 heterocycles. The molecule has 0 aliphatic rings. The topological polar surface area (TPSA) is 77.8 Å². The van der Waals surface area contributed by atoms with E-state index in [9.17, 15) is 13.6 Å². The van der Waals surface area contributed by atoms with E-state index in [1.54, 1.807) is 23.0 Å². The number of amides is 1. The van der Waals surface area contributed by atoms with Gasteiger partial charge in [-0.3, -0.25) is 4.79 Å². The van der Waals surface area contributed by atoms with Crippen LogP contribution in [0.2, 0.25) is 0 Å². The number of hydrogen-bond donors (Lipinski definition) is 1. The average Bonchev–Trinajstić information content (AvgIpc) is 3.08. The third kappa shape index (κ3) is 3.98. The van der Waals surface area contributed by atoms with E-state index in [1.165, 1.54) is 20.2 Å². The molecule has 0 fully saturated rings. The lowest BCUT2D eigenvalue weighted by molar-refractivity contribution is -0.0502. The zero-order chi connectivity index (χ0) is 21.3. The zero-order valence-corrected chi connectivity index (χ0v) is 16.8. The van der Waals surface area contributed by atoms with Gasteiger partial charge in [0.25, 0.3) is 5.91 Å². The van der Waals surface area contributed by atoms with E-state index in [4.69, 9.17) is 4.74 Å². The standard InChI is InChI=1S/C20H22F2N4O3/c1-20(2,3)12-8-24-17-13(9-25-26(17)10-12)11-6-14(28-5)16(18(27)23-4)15(7-11)29-19(21)22/h6-10,19H,1-5H3,(H,23,27). The van der Waals surface area contributed by atoms with E-state index in [-0.39, 0.29) is 22.5 Å². The van der Waals surface area contributed by atoms with Gasteiger partial charge in [0.15, 0.2) is 5.65 Å². The molecule has 1 amide bonds. The minimum Gasteiger partial charge on any atom is -0.496 e. The van der Waals surface area contributed by atoms with Crippen LogP contribution in [0.4, 0.5) is 8.78 Å². The second-order valence-electron chi connectivity index (χ2n) is 7.43. The number of hydrogen-bond acceptors (Lipinski definition) is 5. The number of benzene rings is 1. The molecular weight excluding hydrogens is 382 g/mol. The number of nitrogens with one attached hydrogen (secondary N) is 1. The molecule has 3 aromatic rings. The number of alkyl halides is 2. The van der Waals surface area contributed by atoms with E-state index in [0.29, 0.717) is 16.8 Å². The highest BCUT2D eigenvalue weighted by Gasteiger charge is 2.24. The van der Waals surface area contributed by atoms with Gasteiger partial charge in [-0.05, 0) is 28.7 Å². The molecule has 0 bridgehead atoms. The Morgan fingerprint density at radius 1 is 1.21 bits per heavy atom. The van der Waals surface area contributed by atoms with Crippen molar-refractivity contribution in [1.82, 2.24) is 19.9 Å². The summed E-state index contributed by atoms with van der Waals surface area (Å²) in [6.07, 6.45) is 5.21. The van der Waals surface area contributed by atoms with Crippen molar-refractivity contribution < 1.29 is 23.0 Å². The third-order valence-corrected chi connectivity index (χ3v) is 4.49. The molecule has 7 nitrogen and oxygen atoms in total. The lowest BCUT2D eigenvalue weighted by atomic mass is 9.89. The van der Waals surface area contributed by atoms with Crippen molar-refractivity contribution in [2.24, 2.45) is 0 Å². The molecule has 0 saturated carbocycles. The second-order valence-corrected chi connectivity index (χ2v) is 7.43. The summed E-state index contributed by atoms with van der Waals surface area (Å²) in [5.41, 5.74) is 2.38. The van der Waals surface area contributed by atoms with Crippen LogP contribution < -0.4 is 14.8 Å². The molecule has 0 spiro atoms. The van der Waals surface area contributed by atoms with Gasteiger partial charge < -0.3 is 14.8 Å². The molecule has 0 unspecified atom stereocenters. The number of rotatable bonds is 5. The smallest absolute Gasteiger partial charge is 0.387 e. The molecule has 0 aliphatic heterocycles. The molecule has 0 radical (unpaired) electrons. The number of carbonyl (C=O) groups is 1. The lowest BCUT2D eigenvalue weighted by Crippen LogP contribution is -2.20. The normalized spacial score (nSPS) is 11.7. The maximum Gasteiger partial charge on any atom is 0.387 e. The summed E-state index contributed by atoms with van der Waals surface area (Å²) in [5.74, 6) is -0.792. The summed E-state index contributed by atoms with van der Waals surface area (Å²) >= 11 is 0. The SMILES string of the molecule is CNC(=O)c1c(OC)cc(-c2cnn3cc(C(C)(C)C)cnc23)cc1OC(F)F. The number of fused-ring (bicyclic) bond motifs is 1. The van der Waals surface area contributed by atoms with Crippen molar-refractivity contribution in [3.63, 3.8) is 0 Å². The molecule has 0 atom stereocenters. The number of methoxy groups -OCH3 is 1. The Hall–Kier alpha value is -3.23. The Morgan fingerprint density at radius 3 is 2.48 bits per heavy atom. The molecule has 2 aromatic heterocycles. The Bertz CT molecular complexity index is 1060. The van der Waals surface area contributed by atoms with Crippen LogP contribution in [0, 0.1) is 0 Å². The Kier molecular flexibility index (Phi) is 5.41. The average molecular weight is 404 g/mol. The van der Waals surface area contributed by atoms with E-state index >= 15 is 0 Å². The van der Waals surface area contributed by atoms with E-state index in [1.807, 2.05) is 6.20 Å². The van der Waals surface area contributed by atoms with E-state index in [0.717, 1.165) is 5.56 Å². The van der Waals surface area contributed by atoms with Crippen LogP contribution in [0.5, 0.6) is 11.5 Å². The summed E-state index contributed by atoms with van der Waals surface area (Å²) in [7, 11) is 2.74. The van der Waals surface area contributed by atoms with Crippen molar-refractivity contribution >= 4 is 11.6 Å². The number of aromatic nitrogens is 3. The van der Waals surface area contributed by atoms with Crippen LogP contribution in [-0.4, -0.2) is 41.3 Å². The number of halogens is 2. The predicted molar refractivity (Wildman–Crippen MR) is 104 cm³/mol. The second kappa shape index (κ2) is 7.65. The van der Waals surface area contributed by atoms with Gasteiger partial charge in [-0.15, -0.1) is 0 Å². The molecule has 1 N–H and O–H groups in total. The first-order valence-electron chi connectivity index (χ1n) is 8.89. The molecular formula is C20H22F2N4O3. The van der Waals surface area contributed by atoms with Crippen LogP contribution in [0.25, 0.3) is 16.8 Å². The van der Waals surface area contributed by atoms with Crippen molar-refractivity contribution in [3.05, 3.63) is 41.9 Å². The van der Waals surface area contributed by atoms with Gasteiger partial charge in [0.1, 0.15) is 17.1 Å². The van der Waals surface area contributed by atoms with Crippen LogP contribution in [0.1, 0.15) is 36.7 Å². The predicted octanol–water partition coefficient (Wildman–Crippen LogP) is 3.66. The van der Waals surface area contributed by atoms with Gasteiger partial charge in [-0.2, -0.15) is 13.9 Å². The minimum absolute atomic E-state index is 0.100. The lowest BCUT2D eigenvalue weighted by Gasteiger charge is -2.18. The fourth-order valence-corrected chi connectivity index (χ4v) is 2.91. The molecule has 1 aromatic carbocycles. The van der Waals surface area contributed by atoms with Gasteiger partial charge >= 0.3 is 6.61 Å². The quantitative estimate of drug-likeness (QED) is 0.702. The van der Waals surface area contributed by atoms with Crippen molar-refractivity contribution in [2.75, 3.05) is 14.2 Å². The minimum atomic E-state index is -3.10. The number of nitrogens with zero attached hydrogens (tertiary/aromatic N) is 3. The van der Waals surface area contributed by atoms with Gasteiger partial charge in [-0.25, -0.2) is 9.50 Å². The molecule has 29 heavy (non-hydrogen) atoms. The first kappa shape index (κ1) is 20.5. The van der Waals surface area contributed by atoms with Crippen LogP contribution in [0.15, 0.2) is 30.7 Å². The molecule has 3 rings (SSSR count). The third-order valence-electron chi connectivity index (χ3n) is 4.49. The van der Waals surface area contributed by atoms with Crippen LogP contribution >= 0.6 is 0 Å². The molecule has 9 heteroatoms. The van der Waals surface area contributed by atoms with Crippen molar-refractivity contribution in [2.45, 2.75) is 32.8 Å². The molecule has 0 saturated heterocycles. The zero-order valence-electron chi connectivity index (χ0n) is 16.8. The highest BCUT2D eigenvalue weighted by Crippen LogP contribution is 2.37. The summed E-state index contributed by atoms with van der Waals surface area (Å²) < 4.78 is 37.4. The maximum atomic E-state index is 13.0. The fraction of sp³-hybridized carbons (Fsp3) is 0.350. The van der Waals surface area contributed by atoms with Crippen LogP contribution in [-0.2, 0) is 5.41 Å². The van der Waals surface area contributed by atoms with Gasteiger partial charge in [-0.1, -0.05) is 20.8 Å². The van der Waals surface area contributed by atoms with Gasteiger partial charge in [0.05, 0.1) is 13.3 Å². The Balaban J connectivity index is 2.19. The fourth-order valence-electron chi connectivity index (χ4n) is 2.91. The summed E-state index contributed by atoms with van der Waals surface area (Å²) in [6, 6.07) is 2.93. The summed E-state index contributed by atoms with van der Waals surface area (Å²) in [4.78, 5) is 16.7. The summed E-state index contributed by atoms with van der Waals surface area (Å²) in [6.45, 7) is 3.10. The largest absolute Gasteiger partial charge is 0.496 e. The van der Waals surface area contributed by atoms with Gasteiger partial charge in [0.2, 0.25) is 0 Å². The van der Waals surface area contributed by atoms with Gasteiger partial charge in [0, 0.05) is 25.0 Å². The van der Waals surface area contributed by atoms with Crippen LogP contribution in [0.3, 0.4) is 0 Å². The monoisotopic (exact) mass is 404 g/mol. The molecule has 0 aliphatic carbocycles. The van der Waals surface area contributed by atoms with E-state index < -0.39 is 12.5 Å². The summed E-state index contributed by atoms with van der Waals surface area (Å²) in [5, 5.41) is 6.74. The Morgan fingerprint density at radius 2 is 1.90 bits per heavy atom. The number of carbonyl (C=O) groups excluding carboxylic acids is 1. The maximum absolute atomic E-state index is 13.0. The van der Waals surface area contributed by atoms with Crippen molar-refractivity contribution in [3.8, 4) is 22.6 Å². The number of ether oxygens (including phenoxy) is 2. The van der Waals surface area contributed by atoms with Crippen molar-refractivity contribution in [1.29, 1.82) is 0 Å². The molecule has 154 valence electrons. The van der Waals surface area contributed by atoms with E-state index in [2.05, 4.69) is 40.9 Å². The first-order chi connectivity index (χ1) is 13.7. The Labute approximate surface area is 166 Å². The highest BCUT2D eigenvalue weighted by atomic mass is 19.3. The highest BCUT2D eigenvalue weighted by molar-refractivity contribution is 6.00.